The summed E-state index contributed by atoms with van der Waals surface area (Å²) in [7, 11) is 1.24. The van der Waals surface area contributed by atoms with E-state index in [0.29, 0.717) is 34.2 Å². The van der Waals surface area contributed by atoms with Crippen LogP contribution >= 0.6 is 0 Å². The highest BCUT2D eigenvalue weighted by atomic mass is 19.1. The summed E-state index contributed by atoms with van der Waals surface area (Å²) >= 11 is 0. The molecule has 0 spiro atoms. The number of carbonyl (C=O) groups excluding carboxylic acids is 3. The van der Waals surface area contributed by atoms with Crippen molar-refractivity contribution in [2.24, 2.45) is 0 Å². The van der Waals surface area contributed by atoms with Crippen LogP contribution in [0.5, 0.6) is 0 Å². The maximum Gasteiger partial charge on any atom is 0.360 e. The number of nitrogens with one attached hydrogen (secondary N) is 1. The first-order valence-electron chi connectivity index (χ1n) is 10.6. The number of methoxy groups -OCH3 is 1. The number of aromatic nitrogens is 1. The number of amides is 1. The molecule has 3 aromatic carbocycles. The summed E-state index contributed by atoms with van der Waals surface area (Å²) in [4.78, 5) is 36.4. The van der Waals surface area contributed by atoms with Crippen LogP contribution in [-0.2, 0) is 4.74 Å². The van der Waals surface area contributed by atoms with E-state index >= 15 is 0 Å². The predicted molar refractivity (Wildman–Crippen MR) is 127 cm³/mol. The van der Waals surface area contributed by atoms with E-state index in [2.05, 4.69) is 15.2 Å². The quantitative estimate of drug-likeness (QED) is 0.208. The zero-order valence-electron chi connectivity index (χ0n) is 18.8. The fourth-order valence-corrected chi connectivity index (χ4v) is 3.26. The van der Waals surface area contributed by atoms with Crippen LogP contribution in [0, 0.1) is 11.6 Å². The van der Waals surface area contributed by atoms with Crippen molar-refractivity contribution in [2.75, 3.05) is 12.4 Å². The van der Waals surface area contributed by atoms with Crippen LogP contribution in [-0.4, -0.2) is 29.9 Å². The minimum Gasteiger partial charge on any atom is -0.464 e. The normalized spacial score (nSPS) is 10.9. The number of esters is 1. The molecule has 0 radical (unpaired) electrons. The van der Waals surface area contributed by atoms with Gasteiger partial charge in [0.1, 0.15) is 11.6 Å². The summed E-state index contributed by atoms with van der Waals surface area (Å²) < 4.78 is 36.6. The van der Waals surface area contributed by atoms with Gasteiger partial charge in [0.05, 0.1) is 12.7 Å². The van der Waals surface area contributed by atoms with E-state index in [-0.39, 0.29) is 17.2 Å². The average Bonchev–Trinajstić information content (AvgIpc) is 3.38. The van der Waals surface area contributed by atoms with Crippen LogP contribution in [0.15, 0.2) is 83.4 Å². The van der Waals surface area contributed by atoms with E-state index in [4.69, 9.17) is 4.52 Å². The second-order valence-electron chi connectivity index (χ2n) is 7.55. The Labute approximate surface area is 204 Å². The van der Waals surface area contributed by atoms with Crippen LogP contribution in [0.2, 0.25) is 0 Å². The zero-order chi connectivity index (χ0) is 25.7. The topological polar surface area (TPSA) is 98.5 Å². The van der Waals surface area contributed by atoms with Gasteiger partial charge in [0.25, 0.3) is 5.91 Å². The summed E-state index contributed by atoms with van der Waals surface area (Å²) in [6.45, 7) is 0. The molecule has 1 amide bonds. The molecule has 0 aliphatic heterocycles. The predicted octanol–water partition coefficient (Wildman–Crippen LogP) is 5.55. The average molecular weight is 488 g/mol. The van der Waals surface area contributed by atoms with Gasteiger partial charge in [-0.05, 0) is 48.0 Å². The molecule has 0 fully saturated rings. The van der Waals surface area contributed by atoms with Crippen molar-refractivity contribution < 1.29 is 32.4 Å². The molecule has 7 nitrogen and oxygen atoms in total. The van der Waals surface area contributed by atoms with Gasteiger partial charge in [-0.25, -0.2) is 13.6 Å². The molecule has 0 saturated heterocycles. The highest BCUT2D eigenvalue weighted by molar-refractivity contribution is 6.07. The first-order valence-corrected chi connectivity index (χ1v) is 10.6. The highest BCUT2D eigenvalue weighted by Crippen LogP contribution is 2.24. The molecule has 0 atom stereocenters. The third-order valence-corrected chi connectivity index (χ3v) is 5.11. The molecule has 180 valence electrons. The molecule has 1 heterocycles. The second kappa shape index (κ2) is 10.6. The van der Waals surface area contributed by atoms with Gasteiger partial charge in [-0.1, -0.05) is 35.5 Å². The fraction of sp³-hybridized carbons (Fsp3) is 0.0370. The molecule has 4 rings (SSSR count). The third-order valence-electron chi connectivity index (χ3n) is 5.11. The molecule has 0 unspecified atom stereocenters. The van der Waals surface area contributed by atoms with Gasteiger partial charge in [0.15, 0.2) is 17.2 Å². The van der Waals surface area contributed by atoms with Gasteiger partial charge in [0, 0.05) is 28.9 Å². The van der Waals surface area contributed by atoms with Crippen LogP contribution in [0.1, 0.15) is 36.8 Å². The number of hydrogen-bond donors (Lipinski definition) is 1. The molecule has 9 heteroatoms. The van der Waals surface area contributed by atoms with E-state index in [1.165, 1.54) is 25.3 Å². The molecule has 0 aliphatic carbocycles. The summed E-state index contributed by atoms with van der Waals surface area (Å²) in [6.07, 6.45) is 2.64. The summed E-state index contributed by atoms with van der Waals surface area (Å²) in [5.41, 5.74) is 1.85. The number of nitrogens with zero attached hydrogens (tertiary/aromatic N) is 1. The van der Waals surface area contributed by atoms with E-state index in [0.717, 1.165) is 12.1 Å². The Bertz CT molecular complexity index is 1480. The fourth-order valence-electron chi connectivity index (χ4n) is 3.26. The Kier molecular flexibility index (Phi) is 7.10. The van der Waals surface area contributed by atoms with Gasteiger partial charge in [-0.15, -0.1) is 0 Å². The molecule has 1 N–H and O–H groups in total. The van der Waals surface area contributed by atoms with Gasteiger partial charge in [-0.2, -0.15) is 0 Å². The number of ketones is 1. The van der Waals surface area contributed by atoms with Crippen LogP contribution in [0.3, 0.4) is 0 Å². The van der Waals surface area contributed by atoms with Crippen LogP contribution < -0.4 is 5.32 Å². The lowest BCUT2D eigenvalue weighted by Crippen LogP contribution is -2.11. The molecular weight excluding hydrogens is 470 g/mol. The van der Waals surface area contributed by atoms with Crippen molar-refractivity contribution in [2.45, 2.75) is 0 Å². The monoisotopic (exact) mass is 488 g/mol. The van der Waals surface area contributed by atoms with Gasteiger partial charge in [-0.3, -0.25) is 9.59 Å². The molecule has 0 bridgehead atoms. The Morgan fingerprint density at radius 3 is 2.47 bits per heavy atom. The lowest BCUT2D eigenvalue weighted by atomic mass is 10.1. The maximum atomic E-state index is 13.8. The lowest BCUT2D eigenvalue weighted by Gasteiger charge is -2.07. The number of halogens is 2. The summed E-state index contributed by atoms with van der Waals surface area (Å²) in [5, 5.41) is 6.44. The molecule has 0 saturated carbocycles. The van der Waals surface area contributed by atoms with Crippen molar-refractivity contribution >= 4 is 29.4 Å². The van der Waals surface area contributed by atoms with Crippen molar-refractivity contribution in [1.29, 1.82) is 0 Å². The van der Waals surface area contributed by atoms with E-state index < -0.39 is 23.4 Å². The minimum absolute atomic E-state index is 0.0283. The lowest BCUT2D eigenvalue weighted by molar-refractivity contribution is 0.0589. The maximum absolute atomic E-state index is 13.8. The van der Waals surface area contributed by atoms with Crippen LogP contribution in [0.25, 0.3) is 17.4 Å². The molecule has 1 aromatic heterocycles. The van der Waals surface area contributed by atoms with Gasteiger partial charge < -0.3 is 14.6 Å². The number of hydrogen-bond acceptors (Lipinski definition) is 6. The number of ether oxygens (including phenoxy) is 1. The Morgan fingerprint density at radius 2 is 1.75 bits per heavy atom. The van der Waals surface area contributed by atoms with Crippen molar-refractivity contribution in [3.63, 3.8) is 0 Å². The first kappa shape index (κ1) is 24.2. The number of rotatable bonds is 7. The largest absolute Gasteiger partial charge is 0.464 e. The van der Waals surface area contributed by atoms with Gasteiger partial charge >= 0.3 is 5.97 Å². The second-order valence-corrected chi connectivity index (χ2v) is 7.55. The van der Waals surface area contributed by atoms with Crippen molar-refractivity contribution in [3.05, 3.63) is 113 Å². The van der Waals surface area contributed by atoms with Crippen molar-refractivity contribution in [3.8, 4) is 11.3 Å². The molecule has 4 aromatic rings. The number of benzene rings is 3. The number of allylic oxidation sites excluding steroid dienone is 1. The van der Waals surface area contributed by atoms with E-state index in [1.807, 2.05) is 0 Å². The summed E-state index contributed by atoms with van der Waals surface area (Å²) in [6, 6.07) is 17.4. The summed E-state index contributed by atoms with van der Waals surface area (Å²) in [5.74, 6) is -2.98. The standard InChI is InChI=1S/C27H18F2N2O5/c1-35-27(34)23-15-25(36-31-23)18-3-2-4-20(13-18)30-26(33)17-8-5-16(6-9-17)7-12-24(32)21-11-10-19(28)14-22(21)29/h2-15H,1H3,(H,30,33)/b12-7+. The Hall–Kier alpha value is -4.92. The highest BCUT2D eigenvalue weighted by Gasteiger charge is 2.15. The van der Waals surface area contributed by atoms with Gasteiger partial charge in [0.2, 0.25) is 0 Å². The smallest absolute Gasteiger partial charge is 0.360 e. The number of carbonyl (C=O) groups is 3. The molecular formula is C27H18F2N2O5. The molecule has 0 aliphatic rings. The Balaban J connectivity index is 1.42. The van der Waals surface area contributed by atoms with E-state index in [1.54, 1.807) is 48.5 Å². The minimum atomic E-state index is -0.937. The Morgan fingerprint density at radius 1 is 0.972 bits per heavy atom. The number of anilines is 1. The van der Waals surface area contributed by atoms with E-state index in [9.17, 15) is 23.2 Å². The van der Waals surface area contributed by atoms with Crippen LogP contribution in [0.4, 0.5) is 14.5 Å². The SMILES string of the molecule is COC(=O)c1cc(-c2cccc(NC(=O)c3ccc(/C=C/C(=O)c4ccc(F)cc4F)cc3)c2)on1. The third kappa shape index (κ3) is 5.58. The first-order chi connectivity index (χ1) is 17.3. The van der Waals surface area contributed by atoms with Crippen molar-refractivity contribution in [1.82, 2.24) is 5.16 Å². The zero-order valence-corrected chi connectivity index (χ0v) is 18.8. The molecule has 36 heavy (non-hydrogen) atoms.